The number of nitrogens with zero attached hydrogens (tertiary/aromatic N) is 1. The topological polar surface area (TPSA) is 12.9 Å². The molecule has 1 heterocycles. The van der Waals surface area contributed by atoms with Gasteiger partial charge >= 0.3 is 0 Å². The minimum atomic E-state index is 0.498. The largest absolute Gasteiger partial charge is 0.244 e. The molecule has 0 aliphatic heterocycles. The number of alkyl halides is 1. The molecule has 5 heteroatoms. The highest BCUT2D eigenvalue weighted by Crippen LogP contribution is 2.26. The van der Waals surface area contributed by atoms with E-state index in [0.29, 0.717) is 5.88 Å². The van der Waals surface area contributed by atoms with E-state index in [1.54, 1.807) is 23.1 Å². The van der Waals surface area contributed by atoms with E-state index in [1.807, 2.05) is 17.5 Å². The van der Waals surface area contributed by atoms with Crippen LogP contribution in [0.3, 0.4) is 0 Å². The standard InChI is InChI=1S/C11H9BrClNS2/c12-8-2-1-3-10(4-8)15-7-11-14-9(5-13)6-16-11/h1-4,6H,5,7H2. The minimum absolute atomic E-state index is 0.498. The first-order valence-electron chi connectivity index (χ1n) is 4.65. The van der Waals surface area contributed by atoms with Crippen LogP contribution in [-0.2, 0) is 11.6 Å². The molecule has 1 aromatic carbocycles. The maximum absolute atomic E-state index is 5.71. The molecule has 1 nitrogen and oxygen atoms in total. The Morgan fingerprint density at radius 3 is 3.00 bits per heavy atom. The van der Waals surface area contributed by atoms with Crippen LogP contribution >= 0.6 is 50.6 Å². The second kappa shape index (κ2) is 6.05. The second-order valence-electron chi connectivity index (χ2n) is 3.11. The molecule has 84 valence electrons. The molecule has 2 aromatic rings. The van der Waals surface area contributed by atoms with Gasteiger partial charge in [-0.05, 0) is 18.2 Å². The van der Waals surface area contributed by atoms with E-state index in [1.165, 1.54) is 4.90 Å². The van der Waals surface area contributed by atoms with Gasteiger partial charge in [0.1, 0.15) is 5.01 Å². The summed E-state index contributed by atoms with van der Waals surface area (Å²) in [6.45, 7) is 0. The molecule has 0 fully saturated rings. The van der Waals surface area contributed by atoms with Gasteiger partial charge in [0.15, 0.2) is 0 Å². The molecule has 0 unspecified atom stereocenters. The third-order valence-corrected chi connectivity index (χ3v) is 4.75. The van der Waals surface area contributed by atoms with Crippen LogP contribution in [0.5, 0.6) is 0 Å². The zero-order chi connectivity index (χ0) is 11.4. The fraction of sp³-hybridized carbons (Fsp3) is 0.182. The van der Waals surface area contributed by atoms with Crippen molar-refractivity contribution in [1.82, 2.24) is 4.98 Å². The number of aromatic nitrogens is 1. The van der Waals surface area contributed by atoms with Crippen LogP contribution in [0, 0.1) is 0 Å². The summed E-state index contributed by atoms with van der Waals surface area (Å²) in [7, 11) is 0. The highest BCUT2D eigenvalue weighted by atomic mass is 79.9. The van der Waals surface area contributed by atoms with Crippen LogP contribution in [0.4, 0.5) is 0 Å². The van der Waals surface area contributed by atoms with Gasteiger partial charge in [0.25, 0.3) is 0 Å². The van der Waals surface area contributed by atoms with Crippen molar-refractivity contribution in [3.63, 3.8) is 0 Å². The summed E-state index contributed by atoms with van der Waals surface area (Å²) in [4.78, 5) is 5.67. The average molecular weight is 335 g/mol. The fourth-order valence-electron chi connectivity index (χ4n) is 1.18. The Labute approximate surface area is 116 Å². The average Bonchev–Trinajstić information content (AvgIpc) is 2.74. The number of thioether (sulfide) groups is 1. The van der Waals surface area contributed by atoms with Crippen molar-refractivity contribution in [3.05, 3.63) is 44.8 Å². The van der Waals surface area contributed by atoms with Crippen molar-refractivity contribution in [3.8, 4) is 0 Å². The first kappa shape index (κ1) is 12.4. The summed E-state index contributed by atoms with van der Waals surface area (Å²) in [5.74, 6) is 1.40. The number of halogens is 2. The third kappa shape index (κ3) is 3.48. The lowest BCUT2D eigenvalue weighted by Gasteiger charge is -1.99. The summed E-state index contributed by atoms with van der Waals surface area (Å²) >= 11 is 12.6. The quantitative estimate of drug-likeness (QED) is 0.580. The molecular weight excluding hydrogens is 326 g/mol. The van der Waals surface area contributed by atoms with Crippen LogP contribution in [-0.4, -0.2) is 4.98 Å². The molecule has 0 aliphatic rings. The van der Waals surface area contributed by atoms with Crippen molar-refractivity contribution in [2.45, 2.75) is 16.5 Å². The molecule has 0 atom stereocenters. The van der Waals surface area contributed by atoms with Crippen molar-refractivity contribution < 1.29 is 0 Å². The van der Waals surface area contributed by atoms with Gasteiger partial charge in [-0.1, -0.05) is 22.0 Å². The van der Waals surface area contributed by atoms with Gasteiger partial charge in [-0.15, -0.1) is 34.7 Å². The zero-order valence-corrected chi connectivity index (χ0v) is 12.3. The van der Waals surface area contributed by atoms with E-state index >= 15 is 0 Å². The SMILES string of the molecule is ClCc1csc(CSc2cccc(Br)c2)n1. The normalized spacial score (nSPS) is 10.6. The van der Waals surface area contributed by atoms with Crippen molar-refractivity contribution in [2.24, 2.45) is 0 Å². The highest BCUT2D eigenvalue weighted by Gasteiger charge is 2.02. The van der Waals surface area contributed by atoms with Crippen molar-refractivity contribution in [2.75, 3.05) is 0 Å². The lowest BCUT2D eigenvalue weighted by Crippen LogP contribution is -1.81. The summed E-state index contributed by atoms with van der Waals surface area (Å²) < 4.78 is 1.11. The molecule has 1 aromatic heterocycles. The first-order chi connectivity index (χ1) is 7.78. The molecular formula is C11H9BrClNS2. The van der Waals surface area contributed by atoms with E-state index in [4.69, 9.17) is 11.6 Å². The van der Waals surface area contributed by atoms with Crippen molar-refractivity contribution in [1.29, 1.82) is 0 Å². The summed E-state index contributed by atoms with van der Waals surface area (Å²) in [5, 5.41) is 3.14. The molecule has 0 saturated carbocycles. The van der Waals surface area contributed by atoms with Gasteiger partial charge in [-0.25, -0.2) is 4.98 Å². The van der Waals surface area contributed by atoms with Gasteiger partial charge in [-0.3, -0.25) is 0 Å². The van der Waals surface area contributed by atoms with E-state index in [2.05, 4.69) is 33.0 Å². The van der Waals surface area contributed by atoms with Crippen LogP contribution in [0.25, 0.3) is 0 Å². The van der Waals surface area contributed by atoms with Gasteiger partial charge in [0, 0.05) is 14.7 Å². The van der Waals surface area contributed by atoms with E-state index < -0.39 is 0 Å². The Morgan fingerprint density at radius 2 is 2.31 bits per heavy atom. The molecule has 0 radical (unpaired) electrons. The van der Waals surface area contributed by atoms with E-state index in [-0.39, 0.29) is 0 Å². The molecule has 0 aliphatic carbocycles. The Hall–Kier alpha value is -0.0300. The maximum atomic E-state index is 5.71. The zero-order valence-electron chi connectivity index (χ0n) is 8.32. The molecule has 0 bridgehead atoms. The number of thiazole rings is 1. The molecule has 0 saturated heterocycles. The van der Waals surface area contributed by atoms with Crippen molar-refractivity contribution >= 4 is 50.6 Å². The molecule has 0 amide bonds. The van der Waals surface area contributed by atoms with Gasteiger partial charge in [-0.2, -0.15) is 0 Å². The van der Waals surface area contributed by atoms with Crippen LogP contribution < -0.4 is 0 Å². The van der Waals surface area contributed by atoms with E-state index in [0.717, 1.165) is 20.9 Å². The van der Waals surface area contributed by atoms with Crippen LogP contribution in [0.1, 0.15) is 10.7 Å². The molecule has 0 spiro atoms. The van der Waals surface area contributed by atoms with Crippen LogP contribution in [0.2, 0.25) is 0 Å². The van der Waals surface area contributed by atoms with Crippen LogP contribution in [0.15, 0.2) is 39.0 Å². The molecule has 0 N–H and O–H groups in total. The van der Waals surface area contributed by atoms with E-state index in [9.17, 15) is 0 Å². The number of rotatable bonds is 4. The predicted octanol–water partition coefficient (Wildman–Crippen LogP) is 4.94. The summed E-state index contributed by atoms with van der Waals surface area (Å²) in [6.07, 6.45) is 0. The lowest BCUT2D eigenvalue weighted by atomic mass is 10.4. The summed E-state index contributed by atoms with van der Waals surface area (Å²) in [6, 6.07) is 8.28. The lowest BCUT2D eigenvalue weighted by molar-refractivity contribution is 1.16. The second-order valence-corrected chi connectivity index (χ2v) is 6.29. The summed E-state index contributed by atoms with van der Waals surface area (Å²) in [5.41, 5.74) is 0.969. The fourth-order valence-corrected chi connectivity index (χ4v) is 3.72. The first-order valence-corrected chi connectivity index (χ1v) is 7.85. The smallest absolute Gasteiger partial charge is 0.103 e. The Bertz CT molecular complexity index is 473. The number of benzene rings is 1. The predicted molar refractivity (Wildman–Crippen MR) is 75.4 cm³/mol. The maximum Gasteiger partial charge on any atom is 0.103 e. The highest BCUT2D eigenvalue weighted by molar-refractivity contribution is 9.10. The van der Waals surface area contributed by atoms with Gasteiger partial charge in [0.05, 0.1) is 17.3 Å². The minimum Gasteiger partial charge on any atom is -0.244 e. The Balaban J connectivity index is 1.96. The van der Waals surface area contributed by atoms with Gasteiger partial charge < -0.3 is 0 Å². The third-order valence-electron chi connectivity index (χ3n) is 1.89. The number of hydrogen-bond acceptors (Lipinski definition) is 3. The molecule has 2 rings (SSSR count). The van der Waals surface area contributed by atoms with Gasteiger partial charge in [0.2, 0.25) is 0 Å². The molecule has 16 heavy (non-hydrogen) atoms. The monoisotopic (exact) mass is 333 g/mol. The number of hydrogen-bond donors (Lipinski definition) is 0. The Kier molecular flexibility index (Phi) is 4.70. The Morgan fingerprint density at radius 1 is 1.44 bits per heavy atom.